The molecule has 0 bridgehead atoms. The number of aromatic nitrogens is 3. The Morgan fingerprint density at radius 1 is 1.11 bits per heavy atom. The molecule has 0 spiro atoms. The van der Waals surface area contributed by atoms with E-state index in [-0.39, 0.29) is 0 Å². The summed E-state index contributed by atoms with van der Waals surface area (Å²) in [6.45, 7) is 3.54. The molecule has 0 unspecified atom stereocenters. The van der Waals surface area contributed by atoms with E-state index in [1.165, 1.54) is 0 Å². The van der Waals surface area contributed by atoms with Crippen LogP contribution < -0.4 is 0 Å². The Morgan fingerprint density at radius 2 is 1.84 bits per heavy atom. The van der Waals surface area contributed by atoms with Crippen molar-refractivity contribution in [1.29, 1.82) is 0 Å². The van der Waals surface area contributed by atoms with E-state index in [0.717, 1.165) is 28.0 Å². The van der Waals surface area contributed by atoms with Gasteiger partial charge in [-0.3, -0.25) is 4.98 Å². The molecule has 4 heteroatoms. The molecule has 0 aliphatic heterocycles. The number of aromatic amines is 1. The first-order valence-electron chi connectivity index (χ1n) is 6.17. The van der Waals surface area contributed by atoms with Gasteiger partial charge in [0.05, 0.1) is 16.6 Å². The average molecular weight is 253 g/mol. The second kappa shape index (κ2) is 4.17. The second-order valence-corrected chi connectivity index (χ2v) is 5.11. The Labute approximate surface area is 111 Å². The molecule has 0 radical (unpaired) electrons. The first kappa shape index (κ1) is 11.9. The Hall–Kier alpha value is -2.20. The number of H-pyrrole nitrogens is 1. The van der Waals surface area contributed by atoms with Crippen LogP contribution in [0.5, 0.6) is 0 Å². The van der Waals surface area contributed by atoms with E-state index in [0.29, 0.717) is 0 Å². The maximum Gasteiger partial charge on any atom is 0.138 e. The topological polar surface area (TPSA) is 61.8 Å². The molecule has 0 saturated carbocycles. The molecule has 2 N–H and O–H groups in total. The number of hydrogen-bond donors (Lipinski definition) is 2. The maximum atomic E-state index is 10.0. The highest BCUT2D eigenvalue weighted by atomic mass is 16.3. The fourth-order valence-corrected chi connectivity index (χ4v) is 2.04. The van der Waals surface area contributed by atoms with Crippen LogP contribution in [-0.4, -0.2) is 20.1 Å². The van der Waals surface area contributed by atoms with Crippen LogP contribution in [0.4, 0.5) is 0 Å². The molecule has 19 heavy (non-hydrogen) atoms. The molecule has 2 heterocycles. The van der Waals surface area contributed by atoms with Crippen molar-refractivity contribution in [3.8, 4) is 11.4 Å². The molecule has 0 aliphatic rings. The Bertz CT molecular complexity index is 711. The van der Waals surface area contributed by atoms with Gasteiger partial charge >= 0.3 is 0 Å². The van der Waals surface area contributed by atoms with E-state index in [1.54, 1.807) is 26.2 Å². The average Bonchev–Trinajstić information content (AvgIpc) is 2.81. The van der Waals surface area contributed by atoms with E-state index in [1.807, 2.05) is 30.3 Å². The molecule has 4 nitrogen and oxygen atoms in total. The van der Waals surface area contributed by atoms with Gasteiger partial charge in [0.25, 0.3) is 0 Å². The minimum absolute atomic E-state index is 0.810. The van der Waals surface area contributed by atoms with Crippen molar-refractivity contribution in [1.82, 2.24) is 15.0 Å². The molecule has 2 aromatic heterocycles. The van der Waals surface area contributed by atoms with Crippen molar-refractivity contribution in [2.45, 2.75) is 19.4 Å². The second-order valence-electron chi connectivity index (χ2n) is 5.11. The molecule has 0 fully saturated rings. The van der Waals surface area contributed by atoms with Crippen LogP contribution in [-0.2, 0) is 5.60 Å². The Kier molecular flexibility index (Phi) is 2.61. The predicted octanol–water partition coefficient (Wildman–Crippen LogP) is 2.85. The summed E-state index contributed by atoms with van der Waals surface area (Å²) in [5.74, 6) is 0.810. The highest BCUT2D eigenvalue weighted by Crippen LogP contribution is 2.25. The molecule has 0 aliphatic carbocycles. The van der Waals surface area contributed by atoms with Crippen molar-refractivity contribution >= 4 is 11.0 Å². The molecule has 0 amide bonds. The lowest BCUT2D eigenvalue weighted by atomic mass is 9.98. The first-order valence-corrected chi connectivity index (χ1v) is 6.17. The van der Waals surface area contributed by atoms with Crippen LogP contribution in [0.25, 0.3) is 22.4 Å². The van der Waals surface area contributed by atoms with E-state index in [4.69, 9.17) is 0 Å². The highest BCUT2D eigenvalue weighted by molar-refractivity contribution is 5.80. The van der Waals surface area contributed by atoms with Crippen LogP contribution in [0.2, 0.25) is 0 Å². The van der Waals surface area contributed by atoms with Gasteiger partial charge in [-0.15, -0.1) is 0 Å². The third-order valence-electron chi connectivity index (χ3n) is 3.14. The SMILES string of the molecule is CC(C)(O)c1ccc2nc(-c3ccncc3)[nH]c2c1. The van der Waals surface area contributed by atoms with Crippen molar-refractivity contribution in [2.75, 3.05) is 0 Å². The molecule has 3 aromatic rings. The molecular formula is C15H15N3O. The number of aliphatic hydroxyl groups is 1. The normalized spacial score (nSPS) is 11.9. The van der Waals surface area contributed by atoms with Gasteiger partial charge in [0.15, 0.2) is 0 Å². The van der Waals surface area contributed by atoms with Gasteiger partial charge in [0.1, 0.15) is 5.82 Å². The molecule has 0 atom stereocenters. The van der Waals surface area contributed by atoms with E-state index >= 15 is 0 Å². The summed E-state index contributed by atoms with van der Waals surface area (Å²) in [6, 6.07) is 9.58. The number of nitrogens with one attached hydrogen (secondary N) is 1. The minimum atomic E-state index is -0.851. The summed E-state index contributed by atoms with van der Waals surface area (Å²) in [5, 5.41) is 10.0. The number of nitrogens with zero attached hydrogens (tertiary/aromatic N) is 2. The smallest absolute Gasteiger partial charge is 0.138 e. The van der Waals surface area contributed by atoms with Crippen molar-refractivity contribution in [3.63, 3.8) is 0 Å². The molecular weight excluding hydrogens is 238 g/mol. The highest BCUT2D eigenvalue weighted by Gasteiger charge is 2.17. The lowest BCUT2D eigenvalue weighted by Gasteiger charge is -2.17. The Balaban J connectivity index is 2.12. The van der Waals surface area contributed by atoms with Gasteiger partial charge in [-0.2, -0.15) is 0 Å². The molecule has 1 aromatic carbocycles. The van der Waals surface area contributed by atoms with Gasteiger partial charge in [0, 0.05) is 18.0 Å². The maximum absolute atomic E-state index is 10.0. The Morgan fingerprint density at radius 3 is 2.53 bits per heavy atom. The van der Waals surface area contributed by atoms with Gasteiger partial charge in [0.2, 0.25) is 0 Å². The zero-order valence-electron chi connectivity index (χ0n) is 10.9. The molecule has 0 saturated heterocycles. The van der Waals surface area contributed by atoms with Crippen LogP contribution >= 0.6 is 0 Å². The van der Waals surface area contributed by atoms with Crippen LogP contribution in [0.15, 0.2) is 42.7 Å². The van der Waals surface area contributed by atoms with Gasteiger partial charge in [-0.25, -0.2) is 4.98 Å². The van der Waals surface area contributed by atoms with Crippen LogP contribution in [0.1, 0.15) is 19.4 Å². The monoisotopic (exact) mass is 253 g/mol. The van der Waals surface area contributed by atoms with Crippen LogP contribution in [0, 0.1) is 0 Å². The summed E-state index contributed by atoms with van der Waals surface area (Å²) in [5.41, 5.74) is 2.82. The number of benzene rings is 1. The first-order chi connectivity index (χ1) is 9.04. The summed E-state index contributed by atoms with van der Waals surface area (Å²) in [6.07, 6.45) is 3.48. The number of pyridine rings is 1. The summed E-state index contributed by atoms with van der Waals surface area (Å²) in [7, 11) is 0. The van der Waals surface area contributed by atoms with Crippen molar-refractivity contribution < 1.29 is 5.11 Å². The third kappa shape index (κ3) is 2.22. The number of rotatable bonds is 2. The lowest BCUT2D eigenvalue weighted by Crippen LogP contribution is -2.14. The van der Waals surface area contributed by atoms with E-state index in [9.17, 15) is 5.11 Å². The quantitative estimate of drug-likeness (QED) is 0.738. The van der Waals surface area contributed by atoms with Gasteiger partial charge in [-0.05, 0) is 43.7 Å². The summed E-state index contributed by atoms with van der Waals surface area (Å²) in [4.78, 5) is 11.8. The van der Waals surface area contributed by atoms with Crippen molar-refractivity contribution in [3.05, 3.63) is 48.3 Å². The zero-order chi connectivity index (χ0) is 13.5. The summed E-state index contributed by atoms with van der Waals surface area (Å²) >= 11 is 0. The summed E-state index contributed by atoms with van der Waals surface area (Å²) < 4.78 is 0. The number of fused-ring (bicyclic) bond motifs is 1. The fourth-order valence-electron chi connectivity index (χ4n) is 2.04. The van der Waals surface area contributed by atoms with Crippen molar-refractivity contribution in [2.24, 2.45) is 0 Å². The molecule has 3 rings (SSSR count). The molecule has 96 valence electrons. The lowest BCUT2D eigenvalue weighted by molar-refractivity contribution is 0.0787. The predicted molar refractivity (Wildman–Crippen MR) is 74.6 cm³/mol. The van der Waals surface area contributed by atoms with Gasteiger partial charge in [-0.1, -0.05) is 6.07 Å². The number of imidazole rings is 1. The van der Waals surface area contributed by atoms with Gasteiger partial charge < -0.3 is 10.1 Å². The largest absolute Gasteiger partial charge is 0.386 e. The van der Waals surface area contributed by atoms with E-state index in [2.05, 4.69) is 15.0 Å². The fraction of sp³-hybridized carbons (Fsp3) is 0.200. The third-order valence-corrected chi connectivity index (χ3v) is 3.14. The van der Waals surface area contributed by atoms with Crippen LogP contribution in [0.3, 0.4) is 0 Å². The minimum Gasteiger partial charge on any atom is -0.386 e. The standard InChI is InChI=1S/C15H15N3O/c1-15(2,19)11-3-4-12-13(9-11)18-14(17-12)10-5-7-16-8-6-10/h3-9,19H,1-2H3,(H,17,18). The number of hydrogen-bond acceptors (Lipinski definition) is 3. The zero-order valence-corrected chi connectivity index (χ0v) is 10.9. The van der Waals surface area contributed by atoms with E-state index < -0.39 is 5.60 Å².